The molecule has 0 aliphatic heterocycles. The molecule has 0 atom stereocenters. The van der Waals surface area contributed by atoms with Crippen molar-refractivity contribution in [1.82, 2.24) is 20.3 Å². The maximum Gasteiger partial charge on any atom is 0.230 e. The Hall–Kier alpha value is -2.69. The Morgan fingerprint density at radius 3 is 2.52 bits per heavy atom. The van der Waals surface area contributed by atoms with E-state index in [1.807, 2.05) is 65.1 Å². The predicted molar refractivity (Wildman–Crippen MR) is 99.4 cm³/mol. The third-order valence-electron chi connectivity index (χ3n) is 4.83. The van der Waals surface area contributed by atoms with Gasteiger partial charge in [-0.3, -0.25) is 14.8 Å². The van der Waals surface area contributed by atoms with E-state index in [2.05, 4.69) is 20.3 Å². The predicted octanol–water partition coefficient (Wildman–Crippen LogP) is 3.48. The summed E-state index contributed by atoms with van der Waals surface area (Å²) in [6.45, 7) is 10.1. The van der Waals surface area contributed by atoms with Crippen molar-refractivity contribution >= 4 is 16.8 Å². The van der Waals surface area contributed by atoms with Crippen LogP contribution in [0.4, 0.5) is 0 Å². The molecule has 0 bridgehead atoms. The summed E-state index contributed by atoms with van der Waals surface area (Å²) in [4.78, 5) is 25.2. The molecule has 5 heteroatoms. The molecule has 25 heavy (non-hydrogen) atoms. The van der Waals surface area contributed by atoms with E-state index in [-0.39, 0.29) is 5.91 Å². The number of carbonyl (C=O) groups excluding carboxylic acids is 1. The number of aryl methyl sites for hydroxylation is 3. The molecule has 3 rings (SSSR count). The third-order valence-corrected chi connectivity index (χ3v) is 4.83. The summed E-state index contributed by atoms with van der Waals surface area (Å²) < 4.78 is 0. The van der Waals surface area contributed by atoms with Gasteiger partial charge in [0.05, 0.1) is 34.7 Å². The number of hydrogen-bond acceptors (Lipinski definition) is 3. The first kappa shape index (κ1) is 17.1. The van der Waals surface area contributed by atoms with Crippen LogP contribution in [-0.2, 0) is 16.8 Å². The van der Waals surface area contributed by atoms with Crippen molar-refractivity contribution in [2.75, 3.05) is 0 Å². The van der Waals surface area contributed by atoms with Crippen LogP contribution in [0.15, 0.2) is 30.5 Å². The van der Waals surface area contributed by atoms with E-state index in [9.17, 15) is 4.79 Å². The quantitative estimate of drug-likeness (QED) is 0.766. The van der Waals surface area contributed by atoms with Gasteiger partial charge < -0.3 is 10.3 Å². The molecule has 2 aromatic heterocycles. The smallest absolute Gasteiger partial charge is 0.230 e. The second-order valence-corrected chi connectivity index (χ2v) is 6.98. The molecule has 130 valence electrons. The van der Waals surface area contributed by atoms with Crippen molar-refractivity contribution in [2.45, 2.75) is 46.6 Å². The van der Waals surface area contributed by atoms with Crippen LogP contribution < -0.4 is 5.32 Å². The summed E-state index contributed by atoms with van der Waals surface area (Å²) in [5.74, 6) is -0.0309. The molecule has 0 aliphatic rings. The number of aromatic amines is 1. The van der Waals surface area contributed by atoms with E-state index in [0.29, 0.717) is 6.54 Å². The van der Waals surface area contributed by atoms with E-state index >= 15 is 0 Å². The number of aromatic nitrogens is 3. The molecule has 0 unspecified atom stereocenters. The van der Waals surface area contributed by atoms with Crippen molar-refractivity contribution in [3.63, 3.8) is 0 Å². The lowest BCUT2D eigenvalue weighted by molar-refractivity contribution is -0.125. The zero-order chi connectivity index (χ0) is 18.2. The topological polar surface area (TPSA) is 70.7 Å². The van der Waals surface area contributed by atoms with E-state index in [4.69, 9.17) is 0 Å². The van der Waals surface area contributed by atoms with Crippen LogP contribution in [0.25, 0.3) is 10.9 Å². The maximum atomic E-state index is 12.9. The van der Waals surface area contributed by atoms with Crippen LogP contribution in [0.3, 0.4) is 0 Å². The molecule has 2 heterocycles. The monoisotopic (exact) mass is 336 g/mol. The Morgan fingerprint density at radius 2 is 1.76 bits per heavy atom. The van der Waals surface area contributed by atoms with E-state index in [1.165, 1.54) is 0 Å². The molecular weight excluding hydrogens is 312 g/mol. The van der Waals surface area contributed by atoms with Crippen LogP contribution in [-0.4, -0.2) is 20.9 Å². The third kappa shape index (κ3) is 3.14. The van der Waals surface area contributed by atoms with Gasteiger partial charge in [0.1, 0.15) is 0 Å². The van der Waals surface area contributed by atoms with Crippen LogP contribution in [0, 0.1) is 20.8 Å². The summed E-state index contributed by atoms with van der Waals surface area (Å²) >= 11 is 0. The van der Waals surface area contributed by atoms with Crippen molar-refractivity contribution in [2.24, 2.45) is 0 Å². The van der Waals surface area contributed by atoms with Crippen LogP contribution >= 0.6 is 0 Å². The zero-order valence-corrected chi connectivity index (χ0v) is 15.4. The summed E-state index contributed by atoms with van der Waals surface area (Å²) in [5, 5.41) is 4.10. The molecule has 0 saturated carbocycles. The number of amides is 1. The molecule has 0 fully saturated rings. The SMILES string of the molecule is Cc1nc(C)c(CNC(=O)C(C)(C)c2c[nH]c3ccccc23)nc1C. The number of carbonyl (C=O) groups is 1. The van der Waals surface area contributed by atoms with Gasteiger partial charge in [-0.1, -0.05) is 18.2 Å². The number of H-pyrrole nitrogens is 1. The lowest BCUT2D eigenvalue weighted by Crippen LogP contribution is -2.40. The number of fused-ring (bicyclic) bond motifs is 1. The Kier molecular flexibility index (Phi) is 4.33. The molecular formula is C20H24N4O. The lowest BCUT2D eigenvalue weighted by Gasteiger charge is -2.23. The minimum Gasteiger partial charge on any atom is -0.361 e. The van der Waals surface area contributed by atoms with E-state index < -0.39 is 5.41 Å². The van der Waals surface area contributed by atoms with Crippen molar-refractivity contribution in [3.8, 4) is 0 Å². The average Bonchev–Trinajstić information content (AvgIpc) is 3.01. The highest BCUT2D eigenvalue weighted by Crippen LogP contribution is 2.30. The lowest BCUT2D eigenvalue weighted by atomic mass is 9.83. The van der Waals surface area contributed by atoms with Gasteiger partial charge in [0.25, 0.3) is 0 Å². The number of para-hydroxylation sites is 1. The molecule has 0 saturated heterocycles. The van der Waals surface area contributed by atoms with Crippen LogP contribution in [0.2, 0.25) is 0 Å². The summed E-state index contributed by atoms with van der Waals surface area (Å²) in [6, 6.07) is 8.02. The van der Waals surface area contributed by atoms with Crippen molar-refractivity contribution in [3.05, 3.63) is 58.8 Å². The normalized spacial score (nSPS) is 11.7. The molecule has 1 aromatic carbocycles. The highest BCUT2D eigenvalue weighted by Gasteiger charge is 2.32. The van der Waals surface area contributed by atoms with Gasteiger partial charge in [-0.15, -0.1) is 0 Å². The molecule has 1 amide bonds. The van der Waals surface area contributed by atoms with Gasteiger partial charge in [-0.2, -0.15) is 0 Å². The van der Waals surface area contributed by atoms with Gasteiger partial charge in [-0.05, 0) is 46.2 Å². The first-order chi connectivity index (χ1) is 11.8. The Bertz CT molecular complexity index is 940. The fraction of sp³-hybridized carbons (Fsp3) is 0.350. The van der Waals surface area contributed by atoms with Gasteiger partial charge >= 0.3 is 0 Å². The largest absolute Gasteiger partial charge is 0.361 e. The van der Waals surface area contributed by atoms with Crippen LogP contribution in [0.1, 0.15) is 42.2 Å². The number of benzene rings is 1. The first-order valence-corrected chi connectivity index (χ1v) is 8.46. The Balaban J connectivity index is 1.82. The molecule has 3 aromatic rings. The second kappa shape index (κ2) is 6.31. The molecule has 2 N–H and O–H groups in total. The first-order valence-electron chi connectivity index (χ1n) is 8.46. The highest BCUT2D eigenvalue weighted by molar-refractivity contribution is 5.94. The number of hydrogen-bond donors (Lipinski definition) is 2. The fourth-order valence-corrected chi connectivity index (χ4v) is 3.02. The van der Waals surface area contributed by atoms with E-state index in [1.54, 1.807) is 0 Å². The second-order valence-electron chi connectivity index (χ2n) is 6.98. The number of rotatable bonds is 4. The zero-order valence-electron chi connectivity index (χ0n) is 15.4. The summed E-state index contributed by atoms with van der Waals surface area (Å²) in [7, 11) is 0. The van der Waals surface area contributed by atoms with Gasteiger partial charge in [0.15, 0.2) is 0 Å². The molecule has 0 spiro atoms. The average molecular weight is 336 g/mol. The Labute approximate surface area is 147 Å². The summed E-state index contributed by atoms with van der Waals surface area (Å²) in [6.07, 6.45) is 1.92. The van der Waals surface area contributed by atoms with Crippen molar-refractivity contribution < 1.29 is 4.79 Å². The van der Waals surface area contributed by atoms with E-state index in [0.717, 1.165) is 39.2 Å². The summed E-state index contributed by atoms with van der Waals surface area (Å²) in [5.41, 5.74) is 4.86. The van der Waals surface area contributed by atoms with Gasteiger partial charge in [0, 0.05) is 17.1 Å². The standard InChI is InChI=1S/C20H24N4O/c1-12-13(2)24-18(14(3)23-12)11-22-19(25)20(4,5)16-10-21-17-9-7-6-8-15(16)17/h6-10,21H,11H2,1-5H3,(H,22,25). The minimum atomic E-state index is -0.652. The fourth-order valence-electron chi connectivity index (χ4n) is 3.02. The van der Waals surface area contributed by atoms with Gasteiger partial charge in [-0.25, -0.2) is 0 Å². The number of nitrogens with one attached hydrogen (secondary N) is 2. The molecule has 0 aliphatic carbocycles. The highest BCUT2D eigenvalue weighted by atomic mass is 16.2. The molecule has 0 radical (unpaired) electrons. The minimum absolute atomic E-state index is 0.0309. The molecule has 5 nitrogen and oxygen atoms in total. The van der Waals surface area contributed by atoms with Crippen LogP contribution in [0.5, 0.6) is 0 Å². The van der Waals surface area contributed by atoms with Gasteiger partial charge in [0.2, 0.25) is 5.91 Å². The maximum absolute atomic E-state index is 12.9. The number of nitrogens with zero attached hydrogens (tertiary/aromatic N) is 2. The van der Waals surface area contributed by atoms with Crippen molar-refractivity contribution in [1.29, 1.82) is 0 Å². The Morgan fingerprint density at radius 1 is 1.08 bits per heavy atom.